The SMILES string of the molecule is CCOC/C(=N\OC1CCCCO1)c1cc(C(=O)O)ccn1. The lowest BCUT2D eigenvalue weighted by molar-refractivity contribution is -0.162. The van der Waals surface area contributed by atoms with Crippen LogP contribution >= 0.6 is 0 Å². The molecular formula is C15H20N2O5. The van der Waals surface area contributed by atoms with E-state index in [0.29, 0.717) is 24.6 Å². The molecule has 7 heteroatoms. The van der Waals surface area contributed by atoms with Crippen LogP contribution in [0.4, 0.5) is 0 Å². The van der Waals surface area contributed by atoms with Crippen molar-refractivity contribution in [3.8, 4) is 0 Å². The second kappa shape index (κ2) is 8.45. The van der Waals surface area contributed by atoms with Crippen molar-refractivity contribution in [1.29, 1.82) is 0 Å². The van der Waals surface area contributed by atoms with Crippen molar-refractivity contribution in [1.82, 2.24) is 4.98 Å². The number of pyridine rings is 1. The highest BCUT2D eigenvalue weighted by Crippen LogP contribution is 2.14. The third kappa shape index (κ3) is 4.78. The number of aromatic nitrogens is 1. The van der Waals surface area contributed by atoms with E-state index >= 15 is 0 Å². The Morgan fingerprint density at radius 3 is 3.09 bits per heavy atom. The largest absolute Gasteiger partial charge is 0.478 e. The Balaban J connectivity index is 2.13. The summed E-state index contributed by atoms with van der Waals surface area (Å²) in [6.45, 7) is 3.23. The van der Waals surface area contributed by atoms with Crippen LogP contribution in [0.1, 0.15) is 42.2 Å². The van der Waals surface area contributed by atoms with E-state index in [1.165, 1.54) is 18.3 Å². The van der Waals surface area contributed by atoms with Crippen molar-refractivity contribution >= 4 is 11.7 Å². The first-order chi connectivity index (χ1) is 10.7. The Kier molecular flexibility index (Phi) is 6.29. The predicted octanol–water partition coefficient (Wildman–Crippen LogP) is 2.06. The third-order valence-electron chi connectivity index (χ3n) is 3.16. The fourth-order valence-corrected chi connectivity index (χ4v) is 1.98. The molecule has 0 radical (unpaired) electrons. The molecule has 1 fully saturated rings. The number of carboxylic acids is 1. The second-order valence-corrected chi connectivity index (χ2v) is 4.81. The molecule has 1 aromatic heterocycles. The Morgan fingerprint density at radius 2 is 2.41 bits per heavy atom. The van der Waals surface area contributed by atoms with E-state index in [2.05, 4.69) is 10.1 Å². The quantitative estimate of drug-likeness (QED) is 0.612. The van der Waals surface area contributed by atoms with Gasteiger partial charge in [0.1, 0.15) is 5.71 Å². The van der Waals surface area contributed by atoms with Gasteiger partial charge in [-0.3, -0.25) is 4.98 Å². The fourth-order valence-electron chi connectivity index (χ4n) is 1.98. The summed E-state index contributed by atoms with van der Waals surface area (Å²) in [5.41, 5.74) is 1.01. The summed E-state index contributed by atoms with van der Waals surface area (Å²) in [7, 11) is 0. The molecule has 0 bridgehead atoms. The van der Waals surface area contributed by atoms with E-state index in [9.17, 15) is 4.79 Å². The van der Waals surface area contributed by atoms with Gasteiger partial charge in [0.2, 0.25) is 6.29 Å². The van der Waals surface area contributed by atoms with Gasteiger partial charge in [-0.1, -0.05) is 5.16 Å². The molecule has 1 aromatic rings. The lowest BCUT2D eigenvalue weighted by Gasteiger charge is -2.20. The van der Waals surface area contributed by atoms with Gasteiger partial charge in [-0.25, -0.2) is 4.79 Å². The number of nitrogens with zero attached hydrogens (tertiary/aromatic N) is 2. The first-order valence-corrected chi connectivity index (χ1v) is 7.32. The smallest absolute Gasteiger partial charge is 0.335 e. The summed E-state index contributed by atoms with van der Waals surface area (Å²) >= 11 is 0. The van der Waals surface area contributed by atoms with Crippen molar-refractivity contribution in [2.45, 2.75) is 32.5 Å². The molecule has 1 saturated heterocycles. The van der Waals surface area contributed by atoms with Crippen molar-refractivity contribution in [2.24, 2.45) is 5.16 Å². The molecule has 7 nitrogen and oxygen atoms in total. The van der Waals surface area contributed by atoms with Gasteiger partial charge < -0.3 is 19.4 Å². The number of carbonyl (C=O) groups is 1. The minimum atomic E-state index is -1.02. The van der Waals surface area contributed by atoms with Gasteiger partial charge in [0.05, 0.1) is 24.5 Å². The lowest BCUT2D eigenvalue weighted by Crippen LogP contribution is -2.22. The van der Waals surface area contributed by atoms with Crippen LogP contribution in [0, 0.1) is 0 Å². The Hall–Kier alpha value is -1.99. The molecule has 0 spiro atoms. The Bertz CT molecular complexity index is 526. The van der Waals surface area contributed by atoms with E-state index < -0.39 is 5.97 Å². The number of hydrogen-bond acceptors (Lipinski definition) is 6. The average Bonchev–Trinajstić information content (AvgIpc) is 2.56. The molecule has 2 rings (SSSR count). The van der Waals surface area contributed by atoms with Crippen LogP contribution in [0.2, 0.25) is 0 Å². The molecule has 0 saturated carbocycles. The monoisotopic (exact) mass is 308 g/mol. The van der Waals surface area contributed by atoms with Crippen LogP contribution in [0.15, 0.2) is 23.5 Å². The maximum atomic E-state index is 11.0. The molecule has 1 unspecified atom stereocenters. The van der Waals surface area contributed by atoms with E-state index in [1.807, 2.05) is 6.92 Å². The van der Waals surface area contributed by atoms with Crippen LogP contribution in [0.25, 0.3) is 0 Å². The van der Waals surface area contributed by atoms with Gasteiger partial charge in [0.15, 0.2) is 0 Å². The molecular weight excluding hydrogens is 288 g/mol. The molecule has 1 aliphatic rings. The van der Waals surface area contributed by atoms with Gasteiger partial charge in [0.25, 0.3) is 0 Å². The number of hydrogen-bond donors (Lipinski definition) is 1. The highest BCUT2D eigenvalue weighted by molar-refractivity contribution is 6.01. The number of carboxylic acid groups (broad SMARTS) is 1. The molecule has 1 N–H and O–H groups in total. The zero-order valence-corrected chi connectivity index (χ0v) is 12.5. The van der Waals surface area contributed by atoms with Gasteiger partial charge in [-0.15, -0.1) is 0 Å². The van der Waals surface area contributed by atoms with Crippen molar-refractivity contribution in [3.63, 3.8) is 0 Å². The van der Waals surface area contributed by atoms with Crippen LogP contribution in [0.3, 0.4) is 0 Å². The highest BCUT2D eigenvalue weighted by atomic mass is 16.8. The van der Waals surface area contributed by atoms with Crippen LogP contribution in [0.5, 0.6) is 0 Å². The summed E-state index contributed by atoms with van der Waals surface area (Å²) in [6.07, 6.45) is 3.91. The average molecular weight is 308 g/mol. The Morgan fingerprint density at radius 1 is 1.55 bits per heavy atom. The van der Waals surface area contributed by atoms with E-state index in [1.54, 1.807) is 0 Å². The van der Waals surface area contributed by atoms with Crippen LogP contribution in [-0.4, -0.2) is 47.9 Å². The van der Waals surface area contributed by atoms with Gasteiger partial charge in [0, 0.05) is 19.2 Å². The third-order valence-corrected chi connectivity index (χ3v) is 3.16. The van der Waals surface area contributed by atoms with Crippen molar-refractivity contribution in [3.05, 3.63) is 29.6 Å². The van der Waals surface area contributed by atoms with Crippen LogP contribution < -0.4 is 0 Å². The van der Waals surface area contributed by atoms with Gasteiger partial charge in [-0.05, 0) is 31.9 Å². The number of rotatable bonds is 7. The fraction of sp³-hybridized carbons (Fsp3) is 0.533. The lowest BCUT2D eigenvalue weighted by atomic mass is 10.2. The molecule has 0 amide bonds. The molecule has 2 heterocycles. The summed E-state index contributed by atoms with van der Waals surface area (Å²) in [6, 6.07) is 2.88. The minimum Gasteiger partial charge on any atom is -0.478 e. The Labute approximate surface area is 128 Å². The standard InChI is InChI=1S/C15H20N2O5/c1-2-20-10-13(17-22-14-5-3-4-8-21-14)12-9-11(15(18)19)6-7-16-12/h6-7,9,14H,2-5,8,10H2,1H3,(H,18,19)/b17-13+. The van der Waals surface area contributed by atoms with Gasteiger partial charge in [-0.2, -0.15) is 0 Å². The number of oxime groups is 1. The normalized spacial score (nSPS) is 19.0. The number of aromatic carboxylic acids is 1. The topological polar surface area (TPSA) is 90.2 Å². The summed E-state index contributed by atoms with van der Waals surface area (Å²) in [5, 5.41) is 13.1. The molecule has 120 valence electrons. The van der Waals surface area contributed by atoms with E-state index in [4.69, 9.17) is 19.4 Å². The second-order valence-electron chi connectivity index (χ2n) is 4.81. The minimum absolute atomic E-state index is 0.142. The maximum Gasteiger partial charge on any atom is 0.335 e. The van der Waals surface area contributed by atoms with E-state index in [-0.39, 0.29) is 18.5 Å². The molecule has 1 atom stereocenters. The van der Waals surface area contributed by atoms with E-state index in [0.717, 1.165) is 19.3 Å². The predicted molar refractivity (Wildman–Crippen MR) is 78.9 cm³/mol. The maximum absolute atomic E-state index is 11.0. The summed E-state index contributed by atoms with van der Waals surface area (Å²) < 4.78 is 10.8. The molecule has 1 aliphatic heterocycles. The van der Waals surface area contributed by atoms with Gasteiger partial charge >= 0.3 is 5.97 Å². The molecule has 22 heavy (non-hydrogen) atoms. The zero-order chi connectivity index (χ0) is 15.8. The first-order valence-electron chi connectivity index (χ1n) is 7.32. The molecule has 0 aromatic carbocycles. The number of ether oxygens (including phenoxy) is 2. The van der Waals surface area contributed by atoms with Crippen molar-refractivity contribution in [2.75, 3.05) is 19.8 Å². The van der Waals surface area contributed by atoms with Crippen molar-refractivity contribution < 1.29 is 24.2 Å². The summed E-state index contributed by atoms with van der Waals surface area (Å²) in [5.74, 6) is -1.02. The van der Waals surface area contributed by atoms with Crippen LogP contribution in [-0.2, 0) is 14.3 Å². The highest BCUT2D eigenvalue weighted by Gasteiger charge is 2.16. The zero-order valence-electron chi connectivity index (χ0n) is 12.5. The summed E-state index contributed by atoms with van der Waals surface area (Å²) in [4.78, 5) is 20.6. The first kappa shape index (κ1) is 16.4. The molecule has 0 aliphatic carbocycles.